The number of rotatable bonds is 6. The molecule has 9 heteroatoms. The van der Waals surface area contributed by atoms with Crippen LogP contribution in [0.15, 0.2) is 24.3 Å². The van der Waals surface area contributed by atoms with Gasteiger partial charge in [-0.3, -0.25) is 19.3 Å². The Balaban J connectivity index is 1.37. The summed E-state index contributed by atoms with van der Waals surface area (Å²) in [5, 5.41) is 5.49. The number of para-hydroxylation sites is 1. The van der Waals surface area contributed by atoms with E-state index < -0.39 is 42.5 Å². The van der Waals surface area contributed by atoms with Crippen LogP contribution in [0.1, 0.15) is 31.7 Å². The largest absolute Gasteiger partial charge is 0.493 e. The highest BCUT2D eigenvalue weighted by Crippen LogP contribution is 2.40. The molecular formula is C20H23N3O6. The van der Waals surface area contributed by atoms with Gasteiger partial charge >= 0.3 is 12.0 Å². The lowest BCUT2D eigenvalue weighted by Gasteiger charge is -2.33. The molecule has 9 nitrogen and oxygen atoms in total. The summed E-state index contributed by atoms with van der Waals surface area (Å²) in [6.07, 6.45) is 2.44. The van der Waals surface area contributed by atoms with E-state index in [1.165, 1.54) is 0 Å². The van der Waals surface area contributed by atoms with Crippen LogP contribution in [0, 0.1) is 5.92 Å². The van der Waals surface area contributed by atoms with Crippen molar-refractivity contribution in [3.63, 3.8) is 0 Å². The lowest BCUT2D eigenvalue weighted by Crippen LogP contribution is -2.47. The molecule has 1 aromatic carbocycles. The second-order valence-electron chi connectivity index (χ2n) is 7.68. The Bertz CT molecular complexity index is 868. The first kappa shape index (κ1) is 19.2. The smallest absolute Gasteiger partial charge is 0.326 e. The Kier molecular flexibility index (Phi) is 4.89. The van der Waals surface area contributed by atoms with Gasteiger partial charge in [-0.05, 0) is 31.7 Å². The number of nitrogens with one attached hydrogen (secondary N) is 2. The number of ether oxygens (including phenoxy) is 2. The fourth-order valence-corrected chi connectivity index (χ4v) is 3.85. The second kappa shape index (κ2) is 7.38. The van der Waals surface area contributed by atoms with Gasteiger partial charge in [0.2, 0.25) is 0 Å². The molecular weight excluding hydrogens is 378 g/mol. The monoisotopic (exact) mass is 401 g/mol. The maximum atomic E-state index is 13.1. The van der Waals surface area contributed by atoms with Crippen molar-refractivity contribution in [3.05, 3.63) is 29.8 Å². The predicted octanol–water partition coefficient (Wildman–Crippen LogP) is 0.674. The molecule has 1 aromatic rings. The van der Waals surface area contributed by atoms with Gasteiger partial charge in [0.1, 0.15) is 12.3 Å². The molecule has 1 spiro atoms. The van der Waals surface area contributed by atoms with Crippen molar-refractivity contribution >= 4 is 23.8 Å². The van der Waals surface area contributed by atoms with Gasteiger partial charge in [-0.2, -0.15) is 0 Å². The maximum Gasteiger partial charge on any atom is 0.326 e. The molecule has 4 amide bonds. The number of benzene rings is 1. The van der Waals surface area contributed by atoms with Crippen LogP contribution in [0.3, 0.4) is 0 Å². The van der Waals surface area contributed by atoms with E-state index in [0.29, 0.717) is 17.2 Å². The van der Waals surface area contributed by atoms with Gasteiger partial charge in [-0.25, -0.2) is 4.79 Å². The highest BCUT2D eigenvalue weighted by Gasteiger charge is 2.55. The van der Waals surface area contributed by atoms with Crippen LogP contribution >= 0.6 is 0 Å². The number of amides is 4. The number of fused-ring (bicyclic) bond motifs is 2. The molecule has 29 heavy (non-hydrogen) atoms. The highest BCUT2D eigenvalue weighted by molar-refractivity contribution is 6.09. The van der Waals surface area contributed by atoms with E-state index >= 15 is 0 Å². The lowest BCUT2D eigenvalue weighted by atomic mass is 9.84. The van der Waals surface area contributed by atoms with Gasteiger partial charge in [-0.1, -0.05) is 18.2 Å². The summed E-state index contributed by atoms with van der Waals surface area (Å²) in [4.78, 5) is 50.3. The van der Waals surface area contributed by atoms with Gasteiger partial charge in [0, 0.05) is 18.0 Å². The van der Waals surface area contributed by atoms with E-state index in [4.69, 9.17) is 9.47 Å². The van der Waals surface area contributed by atoms with E-state index in [-0.39, 0.29) is 19.1 Å². The summed E-state index contributed by atoms with van der Waals surface area (Å²) >= 11 is 0. The SMILES string of the molecule is C[C@H](NC(=O)COC(=O)CN1C(=O)N[C@@]2(CCOc3ccccc32)C1=O)C1CC1. The van der Waals surface area contributed by atoms with Crippen molar-refractivity contribution in [2.45, 2.75) is 37.8 Å². The van der Waals surface area contributed by atoms with E-state index in [1.54, 1.807) is 24.3 Å². The average Bonchev–Trinajstić information content (AvgIpc) is 3.52. The van der Waals surface area contributed by atoms with Gasteiger partial charge in [0.15, 0.2) is 12.1 Å². The molecule has 0 aromatic heterocycles. The first-order valence-electron chi connectivity index (χ1n) is 9.72. The number of hydrogen-bond donors (Lipinski definition) is 2. The van der Waals surface area contributed by atoms with Gasteiger partial charge < -0.3 is 20.1 Å². The summed E-state index contributed by atoms with van der Waals surface area (Å²) in [6, 6.07) is 6.36. The van der Waals surface area contributed by atoms with Gasteiger partial charge in [0.05, 0.1) is 6.61 Å². The Morgan fingerprint density at radius 3 is 2.86 bits per heavy atom. The van der Waals surface area contributed by atoms with Crippen molar-refractivity contribution in [1.29, 1.82) is 0 Å². The van der Waals surface area contributed by atoms with E-state index in [9.17, 15) is 19.2 Å². The summed E-state index contributed by atoms with van der Waals surface area (Å²) < 4.78 is 10.5. The van der Waals surface area contributed by atoms with Crippen molar-refractivity contribution in [3.8, 4) is 5.75 Å². The normalized spacial score (nSPS) is 23.8. The third kappa shape index (κ3) is 3.64. The zero-order chi connectivity index (χ0) is 20.6. The summed E-state index contributed by atoms with van der Waals surface area (Å²) in [6.45, 7) is 1.18. The highest BCUT2D eigenvalue weighted by atomic mass is 16.5. The number of urea groups is 1. The Morgan fingerprint density at radius 2 is 2.10 bits per heavy atom. The van der Waals surface area contributed by atoms with E-state index in [0.717, 1.165) is 17.7 Å². The van der Waals surface area contributed by atoms with Gasteiger partial charge in [-0.15, -0.1) is 0 Å². The number of esters is 1. The molecule has 1 saturated carbocycles. The minimum atomic E-state index is -1.25. The number of imide groups is 1. The average molecular weight is 401 g/mol. The molecule has 154 valence electrons. The van der Waals surface area contributed by atoms with Crippen molar-refractivity contribution in [2.75, 3.05) is 19.8 Å². The number of nitrogens with zero attached hydrogens (tertiary/aromatic N) is 1. The van der Waals surface area contributed by atoms with Crippen LogP contribution in [0.2, 0.25) is 0 Å². The quantitative estimate of drug-likeness (QED) is 0.535. The molecule has 1 saturated heterocycles. The fraction of sp³-hybridized carbons (Fsp3) is 0.500. The molecule has 2 atom stereocenters. The third-order valence-corrected chi connectivity index (χ3v) is 5.63. The number of carbonyl (C=O) groups excluding carboxylic acids is 4. The molecule has 0 radical (unpaired) electrons. The molecule has 0 unspecified atom stereocenters. The van der Waals surface area contributed by atoms with Crippen molar-refractivity contribution < 1.29 is 28.7 Å². The zero-order valence-electron chi connectivity index (χ0n) is 16.1. The second-order valence-corrected chi connectivity index (χ2v) is 7.68. The van der Waals surface area contributed by atoms with E-state index in [2.05, 4.69) is 10.6 Å². The summed E-state index contributed by atoms with van der Waals surface area (Å²) in [7, 11) is 0. The van der Waals surface area contributed by atoms with Crippen LogP contribution in [-0.2, 0) is 24.7 Å². The standard InChI is InChI=1S/C20H23N3O6/c1-12(13-6-7-13)21-16(24)11-29-17(25)10-23-18(26)20(22-19(23)27)8-9-28-15-5-3-2-4-14(15)20/h2-5,12-13H,6-11H2,1H3,(H,21,24)(H,22,27)/t12-,20+/m0/s1. The molecule has 2 N–H and O–H groups in total. The fourth-order valence-electron chi connectivity index (χ4n) is 3.85. The molecule has 0 bridgehead atoms. The first-order valence-corrected chi connectivity index (χ1v) is 9.72. The minimum absolute atomic E-state index is 0.0422. The third-order valence-electron chi connectivity index (χ3n) is 5.63. The van der Waals surface area contributed by atoms with Crippen LogP contribution in [0.25, 0.3) is 0 Å². The number of carbonyl (C=O) groups is 4. The predicted molar refractivity (Wildman–Crippen MR) is 99.8 cm³/mol. The first-order chi connectivity index (χ1) is 13.9. The van der Waals surface area contributed by atoms with Gasteiger partial charge in [0.25, 0.3) is 11.8 Å². The minimum Gasteiger partial charge on any atom is -0.493 e. The van der Waals surface area contributed by atoms with Crippen LogP contribution in [0.5, 0.6) is 5.75 Å². The molecule has 4 rings (SSSR count). The lowest BCUT2D eigenvalue weighted by molar-refractivity contribution is -0.151. The zero-order valence-corrected chi connectivity index (χ0v) is 16.1. The number of hydrogen-bond acceptors (Lipinski definition) is 6. The van der Waals surface area contributed by atoms with Crippen LogP contribution < -0.4 is 15.4 Å². The Hall–Kier alpha value is -3.10. The van der Waals surface area contributed by atoms with E-state index in [1.807, 2.05) is 6.92 Å². The summed E-state index contributed by atoms with van der Waals surface area (Å²) in [5.74, 6) is -0.732. The molecule has 1 aliphatic carbocycles. The summed E-state index contributed by atoms with van der Waals surface area (Å²) in [5.41, 5.74) is -0.683. The molecule has 2 heterocycles. The molecule has 2 aliphatic heterocycles. The molecule has 3 aliphatic rings. The van der Waals surface area contributed by atoms with Crippen molar-refractivity contribution in [1.82, 2.24) is 15.5 Å². The van der Waals surface area contributed by atoms with Crippen LogP contribution in [0.4, 0.5) is 4.79 Å². The van der Waals surface area contributed by atoms with Crippen LogP contribution in [-0.4, -0.2) is 54.5 Å². The molecule has 2 fully saturated rings. The topological polar surface area (TPSA) is 114 Å². The Labute approximate surface area is 167 Å². The Morgan fingerprint density at radius 1 is 1.34 bits per heavy atom. The maximum absolute atomic E-state index is 13.1. The van der Waals surface area contributed by atoms with Crippen molar-refractivity contribution in [2.24, 2.45) is 5.92 Å².